The van der Waals surface area contributed by atoms with Crippen LogP contribution in [0.2, 0.25) is 0 Å². The van der Waals surface area contributed by atoms with Gasteiger partial charge < -0.3 is 40.4 Å². The van der Waals surface area contributed by atoms with E-state index in [1.165, 1.54) is 39.5 Å². The molecule has 296 valence electrons. The SMILES string of the molecule is C/C=C/c1ccc2c(c1)C(CCOCCOCCN(C(C)C)C(C)C)(CCOCCOCC[N+](C)(C)C)c1cc(-c3ccc(C)c4nsnc34)ccc1-2.[Br-]. The molecule has 3 aromatic carbocycles. The van der Waals surface area contributed by atoms with Gasteiger partial charge in [-0.15, -0.1) is 0 Å². The zero-order valence-corrected chi connectivity index (χ0v) is 36.5. The highest BCUT2D eigenvalue weighted by Crippen LogP contribution is 2.54. The number of rotatable bonds is 22. The summed E-state index contributed by atoms with van der Waals surface area (Å²) < 4.78 is 34.9. The van der Waals surface area contributed by atoms with Gasteiger partial charge in [0.15, 0.2) is 0 Å². The number of allylic oxidation sites excluding steroid dienone is 1. The zero-order chi connectivity index (χ0) is 38.0. The van der Waals surface area contributed by atoms with Crippen LogP contribution in [0, 0.1) is 6.92 Å². The first-order valence-corrected chi connectivity index (χ1v) is 20.2. The number of benzene rings is 3. The quantitative estimate of drug-likeness (QED) is 0.0752. The lowest BCUT2D eigenvalue weighted by Crippen LogP contribution is -3.00. The van der Waals surface area contributed by atoms with Crippen molar-refractivity contribution in [3.8, 4) is 22.3 Å². The van der Waals surface area contributed by atoms with Gasteiger partial charge in [0, 0.05) is 42.8 Å². The summed E-state index contributed by atoms with van der Waals surface area (Å²) in [5, 5.41) is 0. The maximum Gasteiger partial charge on any atom is 0.112 e. The van der Waals surface area contributed by atoms with E-state index >= 15 is 0 Å². The van der Waals surface area contributed by atoms with Crippen LogP contribution in [0.25, 0.3) is 39.4 Å². The Labute approximate surface area is 339 Å². The van der Waals surface area contributed by atoms with Crippen molar-refractivity contribution in [2.45, 2.75) is 71.9 Å². The summed E-state index contributed by atoms with van der Waals surface area (Å²) in [5.41, 5.74) is 11.5. The normalized spacial score (nSPS) is 15.6. The highest BCUT2D eigenvalue weighted by Gasteiger charge is 2.43. The first kappa shape index (κ1) is 44.2. The second-order valence-electron chi connectivity index (χ2n) is 15.9. The fourth-order valence-corrected chi connectivity index (χ4v) is 8.24. The summed E-state index contributed by atoms with van der Waals surface area (Å²) in [4.78, 5) is 2.46. The molecule has 0 saturated heterocycles. The van der Waals surface area contributed by atoms with Crippen LogP contribution in [0.15, 0.2) is 54.6 Å². The van der Waals surface area contributed by atoms with Gasteiger partial charge in [0.05, 0.1) is 72.5 Å². The Balaban J connectivity index is 0.00000650. The summed E-state index contributed by atoms with van der Waals surface area (Å²) in [6.07, 6.45) is 5.96. The molecule has 0 spiro atoms. The molecule has 1 aliphatic rings. The molecule has 1 atom stereocenters. The smallest absolute Gasteiger partial charge is 0.112 e. The maximum absolute atomic E-state index is 6.37. The molecule has 0 amide bonds. The van der Waals surface area contributed by atoms with Gasteiger partial charge in [-0.3, -0.25) is 4.90 Å². The Hall–Kier alpha value is -2.54. The van der Waals surface area contributed by atoms with E-state index in [0.29, 0.717) is 58.3 Å². The highest BCUT2D eigenvalue weighted by atomic mass is 79.9. The molecular formula is C44H63BrN4O4S. The van der Waals surface area contributed by atoms with Crippen molar-refractivity contribution >= 4 is 28.8 Å². The van der Waals surface area contributed by atoms with E-state index in [2.05, 4.69) is 133 Å². The van der Waals surface area contributed by atoms with Crippen molar-refractivity contribution in [3.05, 3.63) is 76.9 Å². The monoisotopic (exact) mass is 822 g/mol. The van der Waals surface area contributed by atoms with Gasteiger partial charge in [-0.05, 0) is 99.4 Å². The number of aryl methyl sites for hydroxylation is 1. The predicted molar refractivity (Wildman–Crippen MR) is 221 cm³/mol. The third kappa shape index (κ3) is 11.1. The molecular weight excluding hydrogens is 760 g/mol. The van der Waals surface area contributed by atoms with Crippen molar-refractivity contribution in [1.29, 1.82) is 0 Å². The second kappa shape index (κ2) is 20.6. The molecule has 8 nitrogen and oxygen atoms in total. The van der Waals surface area contributed by atoms with Gasteiger partial charge in [0.1, 0.15) is 17.6 Å². The number of halogens is 1. The number of fused-ring (bicyclic) bond motifs is 4. The first-order chi connectivity index (χ1) is 25.4. The lowest BCUT2D eigenvalue weighted by Gasteiger charge is -2.33. The zero-order valence-electron chi connectivity index (χ0n) is 34.1. The number of ether oxygens (including phenoxy) is 4. The molecule has 1 aromatic heterocycles. The standard InChI is InChI=1S/C44H63N4O4S.BrH/c1-10-11-35-13-16-38-39-17-14-36(37-15-12-34(6)42-43(37)46-53-45-42)31-41(39)44(40(38)30-35,19-23-50-27-29-52-25-21-48(7,8)9)18-22-49-26-28-51-24-20-47(32(2)3)33(4)5;/h10-17,30-33H,18-29H2,1-9H3;1H/q+1;/p-1/b11-10+;. The van der Waals surface area contributed by atoms with Crippen LogP contribution >= 0.6 is 11.7 Å². The van der Waals surface area contributed by atoms with E-state index in [1.54, 1.807) is 0 Å². The van der Waals surface area contributed by atoms with E-state index in [-0.39, 0.29) is 22.4 Å². The Kier molecular flexibility index (Phi) is 16.8. The third-order valence-corrected chi connectivity index (χ3v) is 11.0. The van der Waals surface area contributed by atoms with Gasteiger partial charge >= 0.3 is 0 Å². The molecule has 54 heavy (non-hydrogen) atoms. The maximum atomic E-state index is 6.37. The van der Waals surface area contributed by atoms with Crippen LogP contribution in [0.4, 0.5) is 0 Å². The summed E-state index contributed by atoms with van der Waals surface area (Å²) in [6.45, 7) is 20.0. The van der Waals surface area contributed by atoms with Crippen LogP contribution in [0.5, 0.6) is 0 Å². The minimum absolute atomic E-state index is 0. The van der Waals surface area contributed by atoms with Crippen molar-refractivity contribution in [2.75, 3.05) is 87.1 Å². The molecule has 1 heterocycles. The number of quaternary nitrogens is 1. The van der Waals surface area contributed by atoms with Gasteiger partial charge in [0.25, 0.3) is 0 Å². The minimum atomic E-state index is -0.303. The van der Waals surface area contributed by atoms with E-state index < -0.39 is 0 Å². The molecule has 0 fully saturated rings. The minimum Gasteiger partial charge on any atom is -1.00 e. The lowest BCUT2D eigenvalue weighted by atomic mass is 9.72. The average Bonchev–Trinajstić information content (AvgIpc) is 3.71. The first-order valence-electron chi connectivity index (χ1n) is 19.5. The van der Waals surface area contributed by atoms with E-state index in [0.717, 1.165) is 64.7 Å². The fourth-order valence-electron chi connectivity index (χ4n) is 7.62. The number of hydrogen-bond acceptors (Lipinski definition) is 8. The number of likely N-dealkylation sites (N-methyl/N-ethyl adjacent to an activating group) is 1. The van der Waals surface area contributed by atoms with E-state index in [9.17, 15) is 0 Å². The summed E-state index contributed by atoms with van der Waals surface area (Å²) in [5.74, 6) is 0. The molecule has 0 saturated carbocycles. The largest absolute Gasteiger partial charge is 1.00 e. The van der Waals surface area contributed by atoms with Gasteiger partial charge in [-0.2, -0.15) is 8.75 Å². The Morgan fingerprint density at radius 1 is 0.704 bits per heavy atom. The van der Waals surface area contributed by atoms with Gasteiger partial charge in [-0.1, -0.05) is 54.6 Å². The Bertz CT molecular complexity index is 1800. The van der Waals surface area contributed by atoms with Crippen molar-refractivity contribution < 1.29 is 40.4 Å². The van der Waals surface area contributed by atoms with Crippen LogP contribution in [-0.2, 0) is 24.4 Å². The molecule has 10 heteroatoms. The van der Waals surface area contributed by atoms with E-state index in [1.807, 2.05) is 0 Å². The molecule has 0 N–H and O–H groups in total. The highest BCUT2D eigenvalue weighted by molar-refractivity contribution is 7.00. The van der Waals surface area contributed by atoms with Gasteiger partial charge in [-0.25, -0.2) is 0 Å². The average molecular weight is 824 g/mol. The lowest BCUT2D eigenvalue weighted by molar-refractivity contribution is -0.870. The number of hydrogen-bond donors (Lipinski definition) is 0. The summed E-state index contributed by atoms with van der Waals surface area (Å²) >= 11 is 1.28. The van der Waals surface area contributed by atoms with Crippen LogP contribution < -0.4 is 17.0 Å². The third-order valence-electron chi connectivity index (χ3n) is 10.5. The fraction of sp³-hybridized carbons (Fsp3) is 0.545. The molecule has 1 aliphatic carbocycles. The van der Waals surface area contributed by atoms with E-state index in [4.69, 9.17) is 23.3 Å². The molecule has 5 rings (SSSR count). The van der Waals surface area contributed by atoms with Gasteiger partial charge in [0.2, 0.25) is 0 Å². The number of nitrogens with zero attached hydrogens (tertiary/aromatic N) is 4. The van der Waals surface area contributed by atoms with Crippen LogP contribution in [0.1, 0.15) is 69.7 Å². The number of aromatic nitrogens is 2. The van der Waals surface area contributed by atoms with Crippen molar-refractivity contribution in [1.82, 2.24) is 13.6 Å². The molecule has 0 radical (unpaired) electrons. The Morgan fingerprint density at radius 2 is 1.26 bits per heavy atom. The Morgan fingerprint density at radius 3 is 1.87 bits per heavy atom. The molecule has 1 unspecified atom stereocenters. The molecule has 0 aliphatic heterocycles. The predicted octanol–water partition coefficient (Wildman–Crippen LogP) is 5.64. The van der Waals surface area contributed by atoms with Crippen molar-refractivity contribution in [2.24, 2.45) is 0 Å². The molecule has 0 bridgehead atoms. The van der Waals surface area contributed by atoms with Crippen LogP contribution in [-0.4, -0.2) is 117 Å². The second-order valence-corrected chi connectivity index (χ2v) is 16.5. The van der Waals surface area contributed by atoms with Crippen molar-refractivity contribution in [3.63, 3.8) is 0 Å². The summed E-state index contributed by atoms with van der Waals surface area (Å²) in [6, 6.07) is 19.2. The topological polar surface area (TPSA) is 65.9 Å². The summed E-state index contributed by atoms with van der Waals surface area (Å²) in [7, 11) is 6.55. The molecule has 4 aromatic rings. The van der Waals surface area contributed by atoms with Crippen LogP contribution in [0.3, 0.4) is 0 Å².